The van der Waals surface area contributed by atoms with Gasteiger partial charge in [0, 0.05) is 32.1 Å². The first kappa shape index (κ1) is 20.3. The van der Waals surface area contributed by atoms with Gasteiger partial charge >= 0.3 is 0 Å². The van der Waals surface area contributed by atoms with Gasteiger partial charge in [-0.25, -0.2) is 8.42 Å². The van der Waals surface area contributed by atoms with E-state index in [1.807, 2.05) is 26.0 Å². The molecule has 2 aliphatic rings. The number of benzene rings is 1. The van der Waals surface area contributed by atoms with Crippen LogP contribution >= 0.6 is 0 Å². The fourth-order valence-electron chi connectivity index (χ4n) is 4.13. The van der Waals surface area contributed by atoms with Crippen LogP contribution in [-0.4, -0.2) is 49.7 Å². The molecule has 1 aliphatic carbocycles. The number of hydrogen-bond acceptors (Lipinski definition) is 3. The first-order valence-corrected chi connectivity index (χ1v) is 11.8. The van der Waals surface area contributed by atoms with Crippen molar-refractivity contribution in [3.63, 3.8) is 0 Å². The molecule has 0 N–H and O–H groups in total. The largest absolute Gasteiger partial charge is 0.340 e. The normalized spacial score (nSPS) is 21.2. The monoisotopic (exact) mass is 392 g/mol. The molecule has 27 heavy (non-hydrogen) atoms. The Labute approximate surface area is 163 Å². The number of nitrogens with zero attached hydrogens (tertiary/aromatic N) is 2. The Morgan fingerprint density at radius 1 is 1.04 bits per heavy atom. The van der Waals surface area contributed by atoms with Crippen LogP contribution in [0.2, 0.25) is 0 Å². The zero-order valence-electron chi connectivity index (χ0n) is 16.6. The highest BCUT2D eigenvalue weighted by Gasteiger charge is 2.31. The molecule has 0 spiro atoms. The second-order valence-corrected chi connectivity index (χ2v) is 9.88. The maximum absolute atomic E-state index is 13.0. The third-order valence-electron chi connectivity index (χ3n) is 6.18. The van der Waals surface area contributed by atoms with Gasteiger partial charge in [-0.1, -0.05) is 45.2 Å². The Hall–Kier alpha value is -1.40. The van der Waals surface area contributed by atoms with E-state index in [0.717, 1.165) is 6.42 Å². The van der Waals surface area contributed by atoms with Gasteiger partial charge in [0.1, 0.15) is 0 Å². The quantitative estimate of drug-likeness (QED) is 0.769. The Morgan fingerprint density at radius 3 is 2.19 bits per heavy atom. The lowest BCUT2D eigenvalue weighted by Crippen LogP contribution is -2.51. The predicted molar refractivity (Wildman–Crippen MR) is 107 cm³/mol. The van der Waals surface area contributed by atoms with E-state index in [1.165, 1.54) is 42.0 Å². The first-order chi connectivity index (χ1) is 12.9. The molecule has 6 heteroatoms. The molecule has 0 unspecified atom stereocenters. The highest BCUT2D eigenvalue weighted by atomic mass is 32.2. The SMILES string of the molecule is CC[C@H](C)C(=O)N1CCN(S(=O)(=O)c2ccc(C3CCCCC3)cc2)CC1. The average molecular weight is 393 g/mol. The lowest BCUT2D eigenvalue weighted by Gasteiger charge is -2.35. The van der Waals surface area contributed by atoms with E-state index in [4.69, 9.17) is 0 Å². The summed E-state index contributed by atoms with van der Waals surface area (Å²) >= 11 is 0. The summed E-state index contributed by atoms with van der Waals surface area (Å²) in [6.07, 6.45) is 7.07. The molecule has 1 aromatic rings. The minimum atomic E-state index is -3.49. The van der Waals surface area contributed by atoms with E-state index < -0.39 is 10.0 Å². The number of amides is 1. The molecular formula is C21H32N2O3S. The fourth-order valence-corrected chi connectivity index (χ4v) is 5.55. The average Bonchev–Trinajstić information content (AvgIpc) is 2.73. The van der Waals surface area contributed by atoms with Crippen LogP contribution in [0.15, 0.2) is 29.2 Å². The third kappa shape index (κ3) is 4.54. The van der Waals surface area contributed by atoms with Crippen molar-refractivity contribution < 1.29 is 13.2 Å². The number of carbonyl (C=O) groups excluding carboxylic acids is 1. The summed E-state index contributed by atoms with van der Waals surface area (Å²) in [5.41, 5.74) is 1.26. The van der Waals surface area contributed by atoms with Crippen molar-refractivity contribution in [2.75, 3.05) is 26.2 Å². The van der Waals surface area contributed by atoms with Crippen molar-refractivity contribution in [2.45, 2.75) is 63.2 Å². The van der Waals surface area contributed by atoms with Gasteiger partial charge in [0.2, 0.25) is 15.9 Å². The smallest absolute Gasteiger partial charge is 0.243 e. The molecule has 5 nitrogen and oxygen atoms in total. The zero-order valence-corrected chi connectivity index (χ0v) is 17.4. The molecule has 1 heterocycles. The maximum Gasteiger partial charge on any atom is 0.243 e. The Bertz CT molecular complexity index is 731. The van der Waals surface area contributed by atoms with E-state index in [9.17, 15) is 13.2 Å². The summed E-state index contributed by atoms with van der Waals surface area (Å²) in [6.45, 7) is 5.62. The summed E-state index contributed by atoms with van der Waals surface area (Å²) in [7, 11) is -3.49. The standard InChI is InChI=1S/C21H32N2O3S/c1-3-17(2)21(24)22-13-15-23(16-14-22)27(25,26)20-11-9-19(10-12-20)18-7-5-4-6-8-18/h9-12,17-18H,3-8,13-16H2,1-2H3/t17-/m0/s1. The minimum absolute atomic E-state index is 0.000453. The predicted octanol–water partition coefficient (Wildman–Crippen LogP) is 3.61. The van der Waals surface area contributed by atoms with Crippen LogP contribution in [0.1, 0.15) is 63.9 Å². The van der Waals surface area contributed by atoms with Gasteiger partial charge in [-0.05, 0) is 42.9 Å². The van der Waals surface area contributed by atoms with Crippen molar-refractivity contribution in [3.8, 4) is 0 Å². The minimum Gasteiger partial charge on any atom is -0.340 e. The molecule has 0 aromatic heterocycles. The van der Waals surface area contributed by atoms with Crippen molar-refractivity contribution >= 4 is 15.9 Å². The molecule has 1 saturated carbocycles. The third-order valence-corrected chi connectivity index (χ3v) is 8.09. The van der Waals surface area contributed by atoms with E-state index in [-0.39, 0.29) is 11.8 Å². The zero-order chi connectivity index (χ0) is 19.4. The molecule has 0 radical (unpaired) electrons. The summed E-state index contributed by atoms with van der Waals surface area (Å²) in [5, 5.41) is 0. The molecule has 150 valence electrons. The molecule has 0 bridgehead atoms. The number of carbonyl (C=O) groups is 1. The summed E-state index contributed by atoms with van der Waals surface area (Å²) in [6, 6.07) is 7.50. The van der Waals surface area contributed by atoms with E-state index in [0.29, 0.717) is 37.0 Å². The lowest BCUT2D eigenvalue weighted by molar-refractivity contribution is -0.136. The Kier molecular flexibility index (Phi) is 6.58. The van der Waals surface area contributed by atoms with Crippen LogP contribution in [0.5, 0.6) is 0 Å². The van der Waals surface area contributed by atoms with Gasteiger partial charge in [-0.15, -0.1) is 0 Å². The first-order valence-electron chi connectivity index (χ1n) is 10.3. The van der Waals surface area contributed by atoms with Crippen LogP contribution in [-0.2, 0) is 14.8 Å². The Morgan fingerprint density at radius 2 is 1.63 bits per heavy atom. The molecule has 1 amide bonds. The number of sulfonamides is 1. The van der Waals surface area contributed by atoms with Gasteiger partial charge in [0.15, 0.2) is 0 Å². The fraction of sp³-hybridized carbons (Fsp3) is 0.667. The van der Waals surface area contributed by atoms with Gasteiger partial charge in [-0.3, -0.25) is 4.79 Å². The van der Waals surface area contributed by atoms with Gasteiger partial charge in [0.05, 0.1) is 4.90 Å². The molecule has 3 rings (SSSR count). The highest BCUT2D eigenvalue weighted by Crippen LogP contribution is 2.33. The van der Waals surface area contributed by atoms with Gasteiger partial charge in [0.25, 0.3) is 0 Å². The second kappa shape index (κ2) is 8.74. The van der Waals surface area contributed by atoms with Crippen molar-refractivity contribution in [3.05, 3.63) is 29.8 Å². The molecule has 2 fully saturated rings. The van der Waals surface area contributed by atoms with E-state index in [2.05, 4.69) is 0 Å². The maximum atomic E-state index is 13.0. The van der Waals surface area contributed by atoms with E-state index >= 15 is 0 Å². The van der Waals surface area contributed by atoms with Crippen LogP contribution in [0.3, 0.4) is 0 Å². The van der Waals surface area contributed by atoms with Crippen LogP contribution < -0.4 is 0 Å². The van der Waals surface area contributed by atoms with Crippen LogP contribution in [0.25, 0.3) is 0 Å². The second-order valence-electron chi connectivity index (χ2n) is 7.94. The molecule has 1 atom stereocenters. The Balaban J connectivity index is 1.64. The summed E-state index contributed by atoms with van der Waals surface area (Å²) < 4.78 is 27.4. The van der Waals surface area contributed by atoms with Crippen molar-refractivity contribution in [1.29, 1.82) is 0 Å². The van der Waals surface area contributed by atoms with Gasteiger partial charge in [-0.2, -0.15) is 4.31 Å². The number of hydrogen-bond donors (Lipinski definition) is 0. The molecular weight excluding hydrogens is 360 g/mol. The summed E-state index contributed by atoms with van der Waals surface area (Å²) in [4.78, 5) is 14.5. The highest BCUT2D eigenvalue weighted by molar-refractivity contribution is 7.89. The molecule has 1 aliphatic heterocycles. The number of piperazine rings is 1. The van der Waals surface area contributed by atoms with E-state index in [1.54, 1.807) is 17.0 Å². The topological polar surface area (TPSA) is 57.7 Å². The van der Waals surface area contributed by atoms with Gasteiger partial charge < -0.3 is 4.90 Å². The van der Waals surface area contributed by atoms with Crippen molar-refractivity contribution in [1.82, 2.24) is 9.21 Å². The van der Waals surface area contributed by atoms with Crippen LogP contribution in [0.4, 0.5) is 0 Å². The molecule has 1 saturated heterocycles. The van der Waals surface area contributed by atoms with Crippen molar-refractivity contribution in [2.24, 2.45) is 5.92 Å². The molecule has 1 aromatic carbocycles. The summed E-state index contributed by atoms with van der Waals surface area (Å²) in [5.74, 6) is 0.706. The lowest BCUT2D eigenvalue weighted by atomic mass is 9.84. The number of rotatable bonds is 5. The van der Waals surface area contributed by atoms with Crippen LogP contribution in [0, 0.1) is 5.92 Å².